The van der Waals surface area contributed by atoms with Crippen molar-refractivity contribution < 1.29 is 22.7 Å². The molecule has 33 heavy (non-hydrogen) atoms. The predicted molar refractivity (Wildman–Crippen MR) is 126 cm³/mol. The Morgan fingerprint density at radius 2 is 1.76 bits per heavy atom. The average Bonchev–Trinajstić information content (AvgIpc) is 2.83. The molecule has 3 aromatic rings. The molecule has 0 fully saturated rings. The first-order chi connectivity index (χ1) is 15.8. The van der Waals surface area contributed by atoms with E-state index in [-0.39, 0.29) is 17.3 Å². The zero-order valence-corrected chi connectivity index (χ0v) is 19.7. The number of carbonyl (C=O) groups excluding carboxylic acids is 1. The second-order valence-corrected chi connectivity index (χ2v) is 9.91. The van der Waals surface area contributed by atoms with Crippen molar-refractivity contribution in [2.75, 3.05) is 25.0 Å². The molecule has 4 rings (SSSR count). The minimum Gasteiger partial charge on any atom is -0.497 e. The molecule has 1 atom stereocenters. The number of methoxy groups -OCH3 is 1. The van der Waals surface area contributed by atoms with E-state index in [9.17, 15) is 13.2 Å². The molecular weight excluding hydrogens is 464 g/mol. The van der Waals surface area contributed by atoms with Gasteiger partial charge in [0.15, 0.2) is 6.10 Å². The van der Waals surface area contributed by atoms with E-state index in [4.69, 9.17) is 21.1 Å². The van der Waals surface area contributed by atoms with Crippen molar-refractivity contribution in [3.63, 3.8) is 0 Å². The molecule has 1 aliphatic rings. The minimum atomic E-state index is -3.94. The summed E-state index contributed by atoms with van der Waals surface area (Å²) in [6, 6.07) is 20.1. The summed E-state index contributed by atoms with van der Waals surface area (Å²) in [6.07, 6.45) is -0.995. The largest absolute Gasteiger partial charge is 0.497 e. The minimum absolute atomic E-state index is 0.0846. The lowest BCUT2D eigenvalue weighted by molar-refractivity contribution is -0.137. The van der Waals surface area contributed by atoms with Gasteiger partial charge in [0, 0.05) is 18.6 Å². The van der Waals surface area contributed by atoms with Crippen LogP contribution < -0.4 is 13.8 Å². The SMILES string of the molecule is COc1ccc(CN(C)C(=O)[C@H]2CN(S(=O)(=O)c3ccc(Cl)cc3)c3ccccc3O2)cc1. The van der Waals surface area contributed by atoms with Gasteiger partial charge in [0.1, 0.15) is 11.5 Å². The van der Waals surface area contributed by atoms with Crippen LogP contribution >= 0.6 is 11.6 Å². The van der Waals surface area contributed by atoms with E-state index in [0.717, 1.165) is 11.3 Å². The lowest BCUT2D eigenvalue weighted by Gasteiger charge is -2.36. The maximum atomic E-state index is 13.4. The van der Waals surface area contributed by atoms with Crippen molar-refractivity contribution in [2.24, 2.45) is 0 Å². The first-order valence-electron chi connectivity index (χ1n) is 10.2. The maximum absolute atomic E-state index is 13.4. The lowest BCUT2D eigenvalue weighted by atomic mass is 10.1. The number of sulfonamides is 1. The number of para-hydroxylation sites is 2. The van der Waals surface area contributed by atoms with Gasteiger partial charge in [-0.3, -0.25) is 9.10 Å². The Labute approximate surface area is 198 Å². The highest BCUT2D eigenvalue weighted by Crippen LogP contribution is 2.37. The van der Waals surface area contributed by atoms with Gasteiger partial charge in [-0.1, -0.05) is 35.9 Å². The monoisotopic (exact) mass is 486 g/mol. The second-order valence-electron chi connectivity index (χ2n) is 7.61. The lowest BCUT2D eigenvalue weighted by Crippen LogP contribution is -2.50. The van der Waals surface area contributed by atoms with Gasteiger partial charge in [0.05, 0.1) is 24.2 Å². The van der Waals surface area contributed by atoms with Crippen molar-refractivity contribution in [2.45, 2.75) is 17.5 Å². The van der Waals surface area contributed by atoms with Crippen molar-refractivity contribution in [1.29, 1.82) is 0 Å². The highest BCUT2D eigenvalue weighted by Gasteiger charge is 2.38. The van der Waals surface area contributed by atoms with Crippen molar-refractivity contribution in [3.8, 4) is 11.5 Å². The third-order valence-electron chi connectivity index (χ3n) is 5.37. The van der Waals surface area contributed by atoms with Crippen LogP contribution in [0.5, 0.6) is 11.5 Å². The summed E-state index contributed by atoms with van der Waals surface area (Å²) in [5, 5.41) is 0.435. The molecule has 0 radical (unpaired) electrons. The molecule has 0 aliphatic carbocycles. The number of benzene rings is 3. The van der Waals surface area contributed by atoms with Crippen LogP contribution in [0.3, 0.4) is 0 Å². The molecule has 1 amide bonds. The molecular formula is C24H23ClN2O5S. The highest BCUT2D eigenvalue weighted by atomic mass is 35.5. The second kappa shape index (κ2) is 9.33. The summed E-state index contributed by atoms with van der Waals surface area (Å²) in [7, 11) is -0.690. The van der Waals surface area contributed by atoms with E-state index >= 15 is 0 Å². The molecule has 1 heterocycles. The van der Waals surface area contributed by atoms with Gasteiger partial charge < -0.3 is 14.4 Å². The number of ether oxygens (including phenoxy) is 2. The zero-order valence-electron chi connectivity index (χ0n) is 18.1. The molecule has 0 aromatic heterocycles. The zero-order chi connectivity index (χ0) is 23.6. The molecule has 0 N–H and O–H groups in total. The van der Waals surface area contributed by atoms with Crippen LogP contribution in [0.2, 0.25) is 5.02 Å². The summed E-state index contributed by atoms with van der Waals surface area (Å²) in [5.74, 6) is 0.733. The van der Waals surface area contributed by atoms with E-state index in [1.807, 2.05) is 24.3 Å². The van der Waals surface area contributed by atoms with Crippen LogP contribution in [0, 0.1) is 0 Å². The molecule has 172 valence electrons. The number of carbonyl (C=O) groups is 1. The van der Waals surface area contributed by atoms with Crippen LogP contribution in [-0.4, -0.2) is 46.0 Å². The smallest absolute Gasteiger partial charge is 0.265 e. The topological polar surface area (TPSA) is 76.2 Å². The number of hydrogen-bond donors (Lipinski definition) is 0. The summed E-state index contributed by atoms with van der Waals surface area (Å²) in [6.45, 7) is 0.196. The Hall–Kier alpha value is -3.23. The fraction of sp³-hybridized carbons (Fsp3) is 0.208. The summed E-state index contributed by atoms with van der Waals surface area (Å²) in [5.41, 5.74) is 1.29. The molecule has 0 bridgehead atoms. The van der Waals surface area contributed by atoms with E-state index in [0.29, 0.717) is 23.0 Å². The summed E-state index contributed by atoms with van der Waals surface area (Å²) >= 11 is 5.93. The Morgan fingerprint density at radius 3 is 2.42 bits per heavy atom. The first kappa shape index (κ1) is 22.9. The molecule has 9 heteroatoms. The van der Waals surface area contributed by atoms with Crippen LogP contribution in [0.4, 0.5) is 5.69 Å². The van der Waals surface area contributed by atoms with E-state index in [1.54, 1.807) is 38.4 Å². The van der Waals surface area contributed by atoms with Gasteiger partial charge in [-0.2, -0.15) is 0 Å². The Bertz CT molecular complexity index is 1250. The van der Waals surface area contributed by atoms with E-state index in [2.05, 4.69) is 0 Å². The Morgan fingerprint density at radius 1 is 1.09 bits per heavy atom. The van der Waals surface area contributed by atoms with E-state index < -0.39 is 16.1 Å². The molecule has 1 aliphatic heterocycles. The number of likely N-dealkylation sites (N-methyl/N-ethyl adjacent to an activating group) is 1. The van der Waals surface area contributed by atoms with Crippen LogP contribution in [-0.2, 0) is 21.4 Å². The number of hydrogen-bond acceptors (Lipinski definition) is 5. The first-order valence-corrected chi connectivity index (χ1v) is 12.0. The van der Waals surface area contributed by atoms with E-state index in [1.165, 1.54) is 33.5 Å². The number of rotatable bonds is 6. The van der Waals surface area contributed by atoms with Gasteiger partial charge in [0.25, 0.3) is 15.9 Å². The quantitative estimate of drug-likeness (QED) is 0.527. The molecule has 0 saturated heterocycles. The van der Waals surface area contributed by atoms with Crippen LogP contribution in [0.25, 0.3) is 0 Å². The molecule has 7 nitrogen and oxygen atoms in total. The maximum Gasteiger partial charge on any atom is 0.265 e. The van der Waals surface area contributed by atoms with Crippen LogP contribution in [0.15, 0.2) is 77.7 Å². The average molecular weight is 487 g/mol. The standard InChI is InChI=1S/C24H23ClN2O5S/c1-26(15-17-7-11-19(31-2)12-8-17)24(28)23-16-27(21-5-3-4-6-22(21)32-23)33(29,30)20-13-9-18(25)10-14-20/h3-14,23H,15-16H2,1-2H3/t23-/m1/s1. The Balaban J connectivity index is 1.60. The number of amides is 1. The number of fused-ring (bicyclic) bond motifs is 1. The molecule has 0 spiro atoms. The van der Waals surface area contributed by atoms with Crippen molar-refractivity contribution in [3.05, 3.63) is 83.4 Å². The van der Waals surface area contributed by atoms with Gasteiger partial charge in [-0.15, -0.1) is 0 Å². The Kier molecular flexibility index (Phi) is 6.49. The fourth-order valence-electron chi connectivity index (χ4n) is 3.62. The van der Waals surface area contributed by atoms with Gasteiger partial charge in [-0.25, -0.2) is 8.42 Å². The molecule has 3 aromatic carbocycles. The normalized spacial score (nSPS) is 15.4. The fourth-order valence-corrected chi connectivity index (χ4v) is 5.22. The van der Waals surface area contributed by atoms with Gasteiger partial charge >= 0.3 is 0 Å². The number of anilines is 1. The highest BCUT2D eigenvalue weighted by molar-refractivity contribution is 7.92. The van der Waals surface area contributed by atoms with Gasteiger partial charge in [0.2, 0.25) is 0 Å². The summed E-state index contributed by atoms with van der Waals surface area (Å²) < 4.78 is 39.2. The molecule has 0 saturated carbocycles. The van der Waals surface area contributed by atoms with Crippen LogP contribution in [0.1, 0.15) is 5.56 Å². The van der Waals surface area contributed by atoms with Crippen molar-refractivity contribution in [1.82, 2.24) is 4.90 Å². The number of nitrogens with zero attached hydrogens (tertiary/aromatic N) is 2. The number of halogens is 1. The molecule has 0 unspecified atom stereocenters. The van der Waals surface area contributed by atoms with Crippen molar-refractivity contribution >= 4 is 33.2 Å². The predicted octanol–water partition coefficient (Wildman–Crippen LogP) is 3.96. The van der Waals surface area contributed by atoms with Gasteiger partial charge in [-0.05, 0) is 54.1 Å². The third kappa shape index (κ3) is 4.77. The third-order valence-corrected chi connectivity index (χ3v) is 7.41. The summed E-state index contributed by atoms with van der Waals surface area (Å²) in [4.78, 5) is 14.8.